The molecule has 0 bridgehead atoms. The number of carbonyl (C=O) groups is 1. The number of halogens is 1. The minimum absolute atomic E-state index is 0.138. The highest BCUT2D eigenvalue weighted by atomic mass is 19.1. The monoisotopic (exact) mass is 413 g/mol. The van der Waals surface area contributed by atoms with Crippen molar-refractivity contribution >= 4 is 28.5 Å². The van der Waals surface area contributed by atoms with Gasteiger partial charge in [0, 0.05) is 56.8 Å². The summed E-state index contributed by atoms with van der Waals surface area (Å²) in [6, 6.07) is 7.28. The highest BCUT2D eigenvalue weighted by molar-refractivity contribution is 6.08. The van der Waals surface area contributed by atoms with Gasteiger partial charge in [0.15, 0.2) is 0 Å². The van der Waals surface area contributed by atoms with Crippen LogP contribution in [0.2, 0.25) is 0 Å². The molecule has 3 N–H and O–H groups in total. The average Bonchev–Trinajstić information content (AvgIpc) is 2.73. The van der Waals surface area contributed by atoms with E-state index in [-0.39, 0.29) is 17.6 Å². The second-order valence-electron chi connectivity index (χ2n) is 8.03. The molecule has 1 aromatic carbocycles. The third kappa shape index (κ3) is 4.76. The van der Waals surface area contributed by atoms with Gasteiger partial charge in [0.25, 0.3) is 0 Å². The Balaban J connectivity index is 1.57. The highest BCUT2D eigenvalue weighted by Gasteiger charge is 2.26. The Bertz CT molecular complexity index is 950. The zero-order valence-electron chi connectivity index (χ0n) is 17.2. The molecule has 2 aliphatic heterocycles. The summed E-state index contributed by atoms with van der Waals surface area (Å²) >= 11 is 0. The number of pyridine rings is 1. The van der Waals surface area contributed by atoms with Gasteiger partial charge in [0.05, 0.1) is 11.1 Å². The molecular formula is C22H28FN5O2. The van der Waals surface area contributed by atoms with Gasteiger partial charge in [0.1, 0.15) is 17.5 Å². The molecule has 0 unspecified atom stereocenters. The zero-order chi connectivity index (χ0) is 21.1. The average molecular weight is 413 g/mol. The molecule has 8 heteroatoms. The Morgan fingerprint density at radius 1 is 1.20 bits per heavy atom. The summed E-state index contributed by atoms with van der Waals surface area (Å²) < 4.78 is 19.2. The number of hydrogen-bond acceptors (Lipinski definition) is 5. The number of benzene rings is 1. The van der Waals surface area contributed by atoms with Crippen molar-refractivity contribution in [2.45, 2.75) is 44.7 Å². The molecule has 0 radical (unpaired) electrons. The predicted octanol–water partition coefficient (Wildman–Crippen LogP) is 2.36. The molecule has 0 spiro atoms. The summed E-state index contributed by atoms with van der Waals surface area (Å²) in [5.74, 6) is 0.0919. The van der Waals surface area contributed by atoms with E-state index >= 15 is 0 Å². The lowest BCUT2D eigenvalue weighted by atomic mass is 10.0. The van der Waals surface area contributed by atoms with Gasteiger partial charge in [0.2, 0.25) is 5.91 Å². The minimum atomic E-state index is -0.364. The molecule has 2 aromatic rings. The van der Waals surface area contributed by atoms with Crippen molar-refractivity contribution in [2.75, 3.05) is 31.2 Å². The van der Waals surface area contributed by atoms with Crippen LogP contribution in [0.5, 0.6) is 0 Å². The molecule has 2 aliphatic rings. The lowest BCUT2D eigenvalue weighted by Gasteiger charge is -2.36. The Labute approximate surface area is 175 Å². The minimum Gasteiger partial charge on any atom is -0.383 e. The van der Waals surface area contributed by atoms with Gasteiger partial charge in [-0.15, -0.1) is 0 Å². The number of nitrogens with one attached hydrogen (secondary N) is 1. The third-order valence-electron chi connectivity index (χ3n) is 5.80. The van der Waals surface area contributed by atoms with E-state index in [2.05, 4.69) is 15.2 Å². The topological polar surface area (TPSA) is 92.8 Å². The van der Waals surface area contributed by atoms with E-state index in [1.807, 2.05) is 6.07 Å². The quantitative estimate of drug-likeness (QED) is 0.591. The van der Waals surface area contributed by atoms with E-state index in [0.717, 1.165) is 57.4 Å². The van der Waals surface area contributed by atoms with Crippen LogP contribution < -0.4 is 16.0 Å². The molecular weight excluding hydrogens is 385 g/mol. The first kappa shape index (κ1) is 20.7. The molecule has 3 heterocycles. The van der Waals surface area contributed by atoms with Crippen LogP contribution in [0.3, 0.4) is 0 Å². The predicted molar refractivity (Wildman–Crippen MR) is 115 cm³/mol. The maximum absolute atomic E-state index is 13.8. The van der Waals surface area contributed by atoms with E-state index in [4.69, 9.17) is 15.5 Å². The molecule has 1 amide bonds. The summed E-state index contributed by atoms with van der Waals surface area (Å²) in [6.07, 6.45) is 4.06. The maximum atomic E-state index is 13.8. The van der Waals surface area contributed by atoms with Gasteiger partial charge >= 0.3 is 0 Å². The third-order valence-corrected chi connectivity index (χ3v) is 5.80. The van der Waals surface area contributed by atoms with Crippen molar-refractivity contribution in [3.8, 4) is 0 Å². The number of fused-ring (bicyclic) bond motifs is 1. The number of rotatable bonds is 4. The van der Waals surface area contributed by atoms with Crippen molar-refractivity contribution < 1.29 is 13.9 Å². The Morgan fingerprint density at radius 2 is 1.90 bits per heavy atom. The number of carbonyl (C=O) groups excluding carboxylic acids is 1. The lowest BCUT2D eigenvalue weighted by Crippen LogP contribution is -2.48. The summed E-state index contributed by atoms with van der Waals surface area (Å²) in [7, 11) is 0. The molecule has 160 valence electrons. The molecule has 1 aromatic heterocycles. The van der Waals surface area contributed by atoms with Crippen molar-refractivity contribution in [3.63, 3.8) is 0 Å². The Kier molecular flexibility index (Phi) is 6.24. The van der Waals surface area contributed by atoms with Crippen LogP contribution in [0.1, 0.15) is 38.2 Å². The fourth-order valence-electron chi connectivity index (χ4n) is 4.25. The molecule has 7 nitrogen and oxygen atoms in total. The second kappa shape index (κ2) is 9.06. The number of aliphatic imine (C=N–C) groups is 1. The Morgan fingerprint density at radius 3 is 2.60 bits per heavy atom. The first-order chi connectivity index (χ1) is 14.5. The van der Waals surface area contributed by atoms with Gasteiger partial charge < -0.3 is 20.7 Å². The summed E-state index contributed by atoms with van der Waals surface area (Å²) in [6.45, 7) is 4.62. The molecule has 2 fully saturated rings. The maximum Gasteiger partial charge on any atom is 0.244 e. The van der Waals surface area contributed by atoms with Crippen LogP contribution in [0.25, 0.3) is 10.9 Å². The van der Waals surface area contributed by atoms with E-state index in [1.54, 1.807) is 6.07 Å². The molecule has 0 atom stereocenters. The van der Waals surface area contributed by atoms with Crippen LogP contribution in [-0.2, 0) is 9.53 Å². The summed E-state index contributed by atoms with van der Waals surface area (Å²) in [5.41, 5.74) is 7.31. The SMILES string of the molecule is CC(=O)N=C(N)c1cc2ccc(F)cc2nc1N1CCC(NC2CCOCC2)CC1. The van der Waals surface area contributed by atoms with Crippen LogP contribution in [-0.4, -0.2) is 55.1 Å². The molecule has 4 rings (SSSR count). The van der Waals surface area contributed by atoms with Crippen LogP contribution in [0, 0.1) is 5.82 Å². The van der Waals surface area contributed by atoms with Crippen molar-refractivity contribution in [2.24, 2.45) is 10.7 Å². The number of hydrogen-bond donors (Lipinski definition) is 2. The number of amidine groups is 1. The van der Waals surface area contributed by atoms with Gasteiger partial charge in [-0.05, 0) is 43.9 Å². The van der Waals surface area contributed by atoms with Crippen molar-refractivity contribution in [3.05, 3.63) is 35.6 Å². The van der Waals surface area contributed by atoms with Crippen LogP contribution >= 0.6 is 0 Å². The largest absolute Gasteiger partial charge is 0.383 e. The Hall–Kier alpha value is -2.58. The van der Waals surface area contributed by atoms with Gasteiger partial charge in [-0.2, -0.15) is 4.99 Å². The number of aromatic nitrogens is 1. The fraction of sp³-hybridized carbons (Fsp3) is 0.500. The zero-order valence-corrected chi connectivity index (χ0v) is 17.2. The lowest BCUT2D eigenvalue weighted by molar-refractivity contribution is -0.115. The van der Waals surface area contributed by atoms with E-state index < -0.39 is 0 Å². The van der Waals surface area contributed by atoms with Crippen LogP contribution in [0.4, 0.5) is 10.2 Å². The first-order valence-corrected chi connectivity index (χ1v) is 10.5. The summed E-state index contributed by atoms with van der Waals surface area (Å²) in [5, 5.41) is 4.52. The number of piperidine rings is 1. The number of nitrogens with zero attached hydrogens (tertiary/aromatic N) is 3. The highest BCUT2D eigenvalue weighted by Crippen LogP contribution is 2.27. The molecule has 0 aliphatic carbocycles. The number of amides is 1. The first-order valence-electron chi connectivity index (χ1n) is 10.5. The number of anilines is 1. The molecule has 0 saturated carbocycles. The normalized spacial score (nSPS) is 19.4. The van der Waals surface area contributed by atoms with Gasteiger partial charge in [-0.1, -0.05) is 0 Å². The van der Waals surface area contributed by atoms with E-state index in [0.29, 0.717) is 29.0 Å². The standard InChI is InChI=1S/C22H28FN5O2/c1-14(29)25-21(24)19-12-15-2-3-16(23)13-20(15)27-22(19)28-8-4-17(5-9-28)26-18-6-10-30-11-7-18/h2-3,12-13,17-18,26H,4-11H2,1H3,(H2,24,25,29). The van der Waals surface area contributed by atoms with Crippen molar-refractivity contribution in [1.82, 2.24) is 10.3 Å². The molecule has 30 heavy (non-hydrogen) atoms. The van der Waals surface area contributed by atoms with Crippen LogP contribution in [0.15, 0.2) is 29.3 Å². The number of ether oxygens (including phenoxy) is 1. The van der Waals surface area contributed by atoms with Gasteiger partial charge in [-0.3, -0.25) is 4.79 Å². The second-order valence-corrected chi connectivity index (χ2v) is 8.03. The smallest absolute Gasteiger partial charge is 0.244 e. The van der Waals surface area contributed by atoms with E-state index in [1.165, 1.54) is 19.1 Å². The molecule has 2 saturated heterocycles. The van der Waals surface area contributed by atoms with Gasteiger partial charge in [-0.25, -0.2) is 9.37 Å². The van der Waals surface area contributed by atoms with E-state index in [9.17, 15) is 9.18 Å². The number of nitrogens with two attached hydrogens (primary N) is 1. The van der Waals surface area contributed by atoms with Crippen molar-refractivity contribution in [1.29, 1.82) is 0 Å². The fourth-order valence-corrected chi connectivity index (χ4v) is 4.25. The summed E-state index contributed by atoms with van der Waals surface area (Å²) in [4.78, 5) is 22.3.